The lowest BCUT2D eigenvalue weighted by molar-refractivity contribution is -0.127. The lowest BCUT2D eigenvalue weighted by atomic mass is 10.3. The van der Waals surface area contributed by atoms with Gasteiger partial charge in [-0.25, -0.2) is 0 Å². The summed E-state index contributed by atoms with van der Waals surface area (Å²) in [6, 6.07) is 0. The Bertz CT molecular complexity index is 201. The topological polar surface area (TPSA) is 20.3 Å². The Kier molecular flexibility index (Phi) is 1.93. The largest absolute Gasteiger partial charge is 0.338 e. The number of likely N-dealkylation sites (tertiary alicyclic amines) is 1. The van der Waals surface area contributed by atoms with Gasteiger partial charge in [-0.1, -0.05) is 6.58 Å². The molecule has 0 aliphatic carbocycles. The highest BCUT2D eigenvalue weighted by Gasteiger charge is 2.17. The summed E-state index contributed by atoms with van der Waals surface area (Å²) in [5.74, 6) is 0.144. The molecule has 1 saturated heterocycles. The van der Waals surface area contributed by atoms with Crippen LogP contribution >= 0.6 is 0 Å². The normalized spacial score (nSPS) is 17.3. The molecule has 0 atom stereocenters. The van der Waals surface area contributed by atoms with Crippen LogP contribution in [0.5, 0.6) is 0 Å². The monoisotopic (exact) mass is 137 g/mol. The first-order valence-electron chi connectivity index (χ1n) is 3.37. The van der Waals surface area contributed by atoms with E-state index < -0.39 is 0 Å². The van der Waals surface area contributed by atoms with Gasteiger partial charge in [-0.15, -0.1) is 5.73 Å². The van der Waals surface area contributed by atoms with Gasteiger partial charge in [0.1, 0.15) is 0 Å². The molecular formula is C8H11NO. The van der Waals surface area contributed by atoms with Gasteiger partial charge in [0, 0.05) is 20.0 Å². The van der Waals surface area contributed by atoms with Gasteiger partial charge in [-0.05, 0) is 12.0 Å². The molecule has 2 heteroatoms. The third kappa shape index (κ3) is 1.28. The summed E-state index contributed by atoms with van der Waals surface area (Å²) < 4.78 is 0. The van der Waals surface area contributed by atoms with Crippen molar-refractivity contribution < 1.29 is 4.79 Å². The Morgan fingerprint density at radius 2 is 2.50 bits per heavy atom. The van der Waals surface area contributed by atoms with Crippen LogP contribution in [0.3, 0.4) is 0 Å². The lowest BCUT2D eigenvalue weighted by Crippen LogP contribution is -2.24. The molecule has 1 fully saturated rings. The molecule has 54 valence electrons. The highest BCUT2D eigenvalue weighted by molar-refractivity contribution is 5.74. The van der Waals surface area contributed by atoms with Gasteiger partial charge in [0.05, 0.1) is 0 Å². The summed E-state index contributed by atoms with van der Waals surface area (Å²) in [5.41, 5.74) is 3.97. The van der Waals surface area contributed by atoms with Gasteiger partial charge in [-0.2, -0.15) is 0 Å². The Balaban J connectivity index is 2.59. The van der Waals surface area contributed by atoms with Crippen LogP contribution in [0.4, 0.5) is 0 Å². The third-order valence-electron chi connectivity index (χ3n) is 1.76. The Morgan fingerprint density at radius 3 is 2.80 bits per heavy atom. The second kappa shape index (κ2) is 2.72. The van der Waals surface area contributed by atoms with Crippen molar-refractivity contribution in [1.29, 1.82) is 0 Å². The number of carbonyl (C=O) groups excluding carboxylic acids is 1. The maximum atomic E-state index is 10.8. The van der Waals surface area contributed by atoms with Gasteiger partial charge in [-0.3, -0.25) is 4.79 Å². The molecule has 1 rings (SSSR count). The highest BCUT2D eigenvalue weighted by Crippen LogP contribution is 2.12. The van der Waals surface area contributed by atoms with Crippen LogP contribution in [0.25, 0.3) is 0 Å². The van der Waals surface area contributed by atoms with Crippen LogP contribution in [0.2, 0.25) is 0 Å². The average Bonchev–Trinajstić information content (AvgIpc) is 2.34. The van der Waals surface area contributed by atoms with Gasteiger partial charge in [0.2, 0.25) is 5.91 Å². The zero-order valence-electron chi connectivity index (χ0n) is 6.18. The molecule has 0 bridgehead atoms. The Hall–Kier alpha value is -1.01. The zero-order valence-corrected chi connectivity index (χ0v) is 6.18. The molecule has 0 N–H and O–H groups in total. The van der Waals surface area contributed by atoms with Crippen molar-refractivity contribution in [1.82, 2.24) is 4.90 Å². The molecule has 0 aromatic rings. The fourth-order valence-corrected chi connectivity index (χ4v) is 1.07. The summed E-state index contributed by atoms with van der Waals surface area (Å²) in [7, 11) is 0. The quantitative estimate of drug-likeness (QED) is 0.455. The highest BCUT2D eigenvalue weighted by atomic mass is 16.2. The minimum Gasteiger partial charge on any atom is -0.338 e. The Labute approximate surface area is 60.8 Å². The first-order chi connectivity index (χ1) is 4.74. The SMILES string of the molecule is C=C=C1CCN(C(C)=O)C1. The fourth-order valence-electron chi connectivity index (χ4n) is 1.07. The molecule has 0 aromatic carbocycles. The minimum atomic E-state index is 0.144. The summed E-state index contributed by atoms with van der Waals surface area (Å²) in [6.45, 7) is 6.70. The van der Waals surface area contributed by atoms with E-state index in [0.717, 1.165) is 25.1 Å². The van der Waals surface area contributed by atoms with E-state index in [9.17, 15) is 4.79 Å². The van der Waals surface area contributed by atoms with Crippen molar-refractivity contribution >= 4 is 5.91 Å². The van der Waals surface area contributed by atoms with Crippen LogP contribution in [0.15, 0.2) is 17.9 Å². The van der Waals surface area contributed by atoms with Crippen LogP contribution < -0.4 is 0 Å². The van der Waals surface area contributed by atoms with Crippen LogP contribution in [0, 0.1) is 0 Å². The van der Waals surface area contributed by atoms with Crippen molar-refractivity contribution in [3.05, 3.63) is 17.9 Å². The van der Waals surface area contributed by atoms with E-state index in [-0.39, 0.29) is 5.91 Å². The van der Waals surface area contributed by atoms with Crippen molar-refractivity contribution in [2.24, 2.45) is 0 Å². The molecule has 0 spiro atoms. The molecule has 0 radical (unpaired) electrons. The summed E-state index contributed by atoms with van der Waals surface area (Å²) in [6.07, 6.45) is 0.947. The molecule has 1 aliphatic rings. The predicted molar refractivity (Wildman–Crippen MR) is 39.5 cm³/mol. The third-order valence-corrected chi connectivity index (χ3v) is 1.76. The second-order valence-electron chi connectivity index (χ2n) is 2.47. The van der Waals surface area contributed by atoms with Crippen molar-refractivity contribution in [2.45, 2.75) is 13.3 Å². The van der Waals surface area contributed by atoms with Gasteiger partial charge < -0.3 is 4.90 Å². The molecule has 10 heavy (non-hydrogen) atoms. The van der Waals surface area contributed by atoms with Gasteiger partial charge in [0.25, 0.3) is 0 Å². The fraction of sp³-hybridized carbons (Fsp3) is 0.500. The minimum absolute atomic E-state index is 0.144. The van der Waals surface area contributed by atoms with E-state index in [1.807, 2.05) is 0 Å². The maximum Gasteiger partial charge on any atom is 0.219 e. The first kappa shape index (κ1) is 7.10. The van der Waals surface area contributed by atoms with Crippen molar-refractivity contribution in [3.63, 3.8) is 0 Å². The van der Waals surface area contributed by atoms with Crippen LogP contribution in [-0.4, -0.2) is 23.9 Å². The first-order valence-corrected chi connectivity index (χ1v) is 3.37. The standard InChI is InChI=1S/C8H11NO/c1-3-8-4-5-9(6-8)7(2)10/h1,4-6H2,2H3. The number of rotatable bonds is 0. The summed E-state index contributed by atoms with van der Waals surface area (Å²) in [4.78, 5) is 12.6. The number of nitrogens with zero attached hydrogens (tertiary/aromatic N) is 1. The summed E-state index contributed by atoms with van der Waals surface area (Å²) >= 11 is 0. The van der Waals surface area contributed by atoms with Crippen LogP contribution in [-0.2, 0) is 4.79 Å². The van der Waals surface area contributed by atoms with Crippen LogP contribution in [0.1, 0.15) is 13.3 Å². The molecular weight excluding hydrogens is 126 g/mol. The summed E-state index contributed by atoms with van der Waals surface area (Å²) in [5, 5.41) is 0. The van der Waals surface area contributed by atoms with E-state index >= 15 is 0 Å². The molecule has 0 unspecified atom stereocenters. The molecule has 2 nitrogen and oxygen atoms in total. The van der Waals surface area contributed by atoms with E-state index in [1.54, 1.807) is 11.8 Å². The molecule has 0 aromatic heterocycles. The average molecular weight is 137 g/mol. The smallest absolute Gasteiger partial charge is 0.219 e. The molecule has 1 aliphatic heterocycles. The van der Waals surface area contributed by atoms with E-state index in [2.05, 4.69) is 12.3 Å². The molecule has 0 saturated carbocycles. The zero-order chi connectivity index (χ0) is 7.56. The van der Waals surface area contributed by atoms with E-state index in [1.165, 1.54) is 0 Å². The number of hydrogen-bond donors (Lipinski definition) is 0. The van der Waals surface area contributed by atoms with E-state index in [0.29, 0.717) is 0 Å². The van der Waals surface area contributed by atoms with E-state index in [4.69, 9.17) is 0 Å². The number of amides is 1. The molecule has 1 heterocycles. The predicted octanol–water partition coefficient (Wildman–Crippen LogP) is 0.950. The van der Waals surface area contributed by atoms with Crippen molar-refractivity contribution in [3.8, 4) is 0 Å². The number of carbonyl (C=O) groups is 1. The lowest BCUT2D eigenvalue weighted by Gasteiger charge is -2.09. The Morgan fingerprint density at radius 1 is 1.80 bits per heavy atom. The van der Waals surface area contributed by atoms with Gasteiger partial charge in [0.15, 0.2) is 0 Å². The van der Waals surface area contributed by atoms with Gasteiger partial charge >= 0.3 is 0 Å². The maximum absolute atomic E-state index is 10.8. The van der Waals surface area contributed by atoms with Crippen molar-refractivity contribution in [2.75, 3.05) is 13.1 Å². The number of hydrogen-bond acceptors (Lipinski definition) is 1. The second-order valence-corrected chi connectivity index (χ2v) is 2.47. The molecule has 1 amide bonds.